The van der Waals surface area contributed by atoms with Crippen LogP contribution in [0.5, 0.6) is 0 Å². The van der Waals surface area contributed by atoms with E-state index in [9.17, 15) is 14.4 Å². The van der Waals surface area contributed by atoms with Gasteiger partial charge in [-0.3, -0.25) is 9.59 Å². The van der Waals surface area contributed by atoms with Crippen LogP contribution in [0.1, 0.15) is 50.2 Å². The van der Waals surface area contributed by atoms with Crippen LogP contribution in [0, 0.1) is 5.41 Å². The number of likely N-dealkylation sites (tertiary alicyclic amines) is 1. The monoisotopic (exact) mass is 450 g/mol. The summed E-state index contributed by atoms with van der Waals surface area (Å²) < 4.78 is 5.55. The molecule has 4 rings (SSSR count). The van der Waals surface area contributed by atoms with E-state index in [0.29, 0.717) is 13.1 Å². The van der Waals surface area contributed by atoms with Crippen LogP contribution in [0.15, 0.2) is 48.5 Å². The second kappa shape index (κ2) is 9.25. The maximum Gasteiger partial charge on any atom is 0.407 e. The second-order valence-corrected chi connectivity index (χ2v) is 9.31. The molecule has 0 aromatic heterocycles. The molecule has 0 saturated carbocycles. The van der Waals surface area contributed by atoms with Crippen molar-refractivity contribution < 1.29 is 24.2 Å². The number of hydrogen-bond acceptors (Lipinski definition) is 4. The van der Waals surface area contributed by atoms with Gasteiger partial charge in [-0.2, -0.15) is 0 Å². The molecule has 0 bridgehead atoms. The number of nitrogens with zero attached hydrogens (tertiary/aromatic N) is 1. The number of fused-ring (bicyclic) bond motifs is 3. The molecule has 7 nitrogen and oxygen atoms in total. The van der Waals surface area contributed by atoms with Crippen LogP contribution in [-0.2, 0) is 14.3 Å². The summed E-state index contributed by atoms with van der Waals surface area (Å²) in [7, 11) is 0. The lowest BCUT2D eigenvalue weighted by Crippen LogP contribution is -2.61. The quantitative estimate of drug-likeness (QED) is 0.633. The second-order valence-electron chi connectivity index (χ2n) is 9.31. The normalized spacial score (nSPS) is 16.8. The predicted octanol–water partition coefficient (Wildman–Crippen LogP) is 4.02. The molecule has 1 unspecified atom stereocenters. The number of carbonyl (C=O) groups is 3. The van der Waals surface area contributed by atoms with Crippen LogP contribution in [0.2, 0.25) is 0 Å². The van der Waals surface area contributed by atoms with E-state index >= 15 is 0 Å². The van der Waals surface area contributed by atoms with Gasteiger partial charge in [0.25, 0.3) is 0 Å². The molecule has 1 aliphatic carbocycles. The van der Waals surface area contributed by atoms with E-state index < -0.39 is 18.1 Å². The van der Waals surface area contributed by atoms with Crippen molar-refractivity contribution in [1.82, 2.24) is 10.2 Å². The summed E-state index contributed by atoms with van der Waals surface area (Å²) in [6, 6.07) is 15.2. The lowest BCUT2D eigenvalue weighted by molar-refractivity contribution is -0.145. The Hall–Kier alpha value is -3.35. The van der Waals surface area contributed by atoms with Gasteiger partial charge in [-0.1, -0.05) is 62.4 Å². The van der Waals surface area contributed by atoms with Crippen molar-refractivity contribution in [2.45, 2.75) is 45.1 Å². The molecule has 2 N–H and O–H groups in total. The highest BCUT2D eigenvalue weighted by molar-refractivity contribution is 5.87. The topological polar surface area (TPSA) is 95.9 Å². The molecule has 2 aromatic rings. The number of carboxylic acid groups (broad SMARTS) is 1. The average Bonchev–Trinajstić information content (AvgIpc) is 3.11. The molecule has 1 fully saturated rings. The lowest BCUT2D eigenvalue weighted by atomic mass is 9.79. The summed E-state index contributed by atoms with van der Waals surface area (Å²) >= 11 is 0. The molecular formula is C26H30N2O5. The highest BCUT2D eigenvalue weighted by Crippen LogP contribution is 2.44. The van der Waals surface area contributed by atoms with Crippen molar-refractivity contribution in [2.75, 3.05) is 19.7 Å². The Balaban J connectivity index is 1.40. The zero-order chi connectivity index (χ0) is 23.6. The highest BCUT2D eigenvalue weighted by atomic mass is 16.5. The maximum absolute atomic E-state index is 12.9. The fraction of sp³-hybridized carbons (Fsp3) is 0.423. The van der Waals surface area contributed by atoms with E-state index in [-0.39, 0.29) is 36.7 Å². The summed E-state index contributed by atoms with van der Waals surface area (Å²) in [5.41, 5.74) is 4.55. The number of benzene rings is 2. The fourth-order valence-corrected chi connectivity index (χ4v) is 4.78. The molecule has 1 aliphatic heterocycles. The molecular weight excluding hydrogens is 420 g/mol. The average molecular weight is 451 g/mol. The van der Waals surface area contributed by atoms with Gasteiger partial charge in [-0.15, -0.1) is 0 Å². The molecule has 0 radical (unpaired) electrons. The third kappa shape index (κ3) is 4.72. The van der Waals surface area contributed by atoms with E-state index in [1.54, 1.807) is 4.90 Å². The SMILES string of the molecule is CCC1(C)CN(C(=O)C(CCC(=O)O)NC(=O)OCC2c3ccccc3-c3ccccc32)C1. The largest absolute Gasteiger partial charge is 0.481 e. The number of carboxylic acids is 1. The van der Waals surface area contributed by atoms with Crippen molar-refractivity contribution in [3.8, 4) is 11.1 Å². The first-order valence-electron chi connectivity index (χ1n) is 11.4. The number of aliphatic carboxylic acids is 1. The number of carbonyl (C=O) groups excluding carboxylic acids is 2. The van der Waals surface area contributed by atoms with Crippen molar-refractivity contribution in [3.63, 3.8) is 0 Å². The van der Waals surface area contributed by atoms with Crippen molar-refractivity contribution in [1.29, 1.82) is 0 Å². The summed E-state index contributed by atoms with van der Waals surface area (Å²) in [6.07, 6.45) is 0.0620. The van der Waals surface area contributed by atoms with E-state index in [0.717, 1.165) is 28.7 Å². The molecule has 7 heteroatoms. The first-order valence-corrected chi connectivity index (χ1v) is 11.4. The highest BCUT2D eigenvalue weighted by Gasteiger charge is 2.42. The predicted molar refractivity (Wildman–Crippen MR) is 124 cm³/mol. The smallest absolute Gasteiger partial charge is 0.407 e. The number of alkyl carbamates (subject to hydrolysis) is 1. The molecule has 33 heavy (non-hydrogen) atoms. The van der Waals surface area contributed by atoms with Gasteiger partial charge >= 0.3 is 12.1 Å². The Morgan fingerprint density at radius 3 is 2.21 bits per heavy atom. The van der Waals surface area contributed by atoms with Gasteiger partial charge in [0.1, 0.15) is 12.6 Å². The van der Waals surface area contributed by atoms with Crippen molar-refractivity contribution >= 4 is 18.0 Å². The summed E-state index contributed by atoms with van der Waals surface area (Å²) in [4.78, 5) is 38.3. The Kier molecular flexibility index (Phi) is 6.40. The molecule has 1 heterocycles. The Morgan fingerprint density at radius 2 is 1.67 bits per heavy atom. The standard InChI is InChI=1S/C26H30N2O5/c1-3-26(2)15-28(16-26)24(31)22(12-13-23(29)30)27-25(32)33-14-21-19-10-6-4-8-17(19)18-9-5-7-11-20(18)21/h4-11,21-22H,3,12-16H2,1-2H3,(H,27,32)(H,29,30). The Labute approximate surface area is 193 Å². The summed E-state index contributed by atoms with van der Waals surface area (Å²) in [5.74, 6) is -1.35. The van der Waals surface area contributed by atoms with E-state index in [2.05, 4.69) is 31.3 Å². The fourth-order valence-electron chi connectivity index (χ4n) is 4.78. The molecule has 2 aromatic carbocycles. The van der Waals surface area contributed by atoms with Crippen LogP contribution >= 0.6 is 0 Å². The zero-order valence-electron chi connectivity index (χ0n) is 19.0. The van der Waals surface area contributed by atoms with Gasteiger partial charge in [-0.25, -0.2) is 4.79 Å². The molecule has 174 valence electrons. The van der Waals surface area contributed by atoms with Crippen molar-refractivity contribution in [3.05, 3.63) is 59.7 Å². The minimum absolute atomic E-state index is 0.0255. The van der Waals surface area contributed by atoms with Gasteiger partial charge in [0.05, 0.1) is 0 Å². The molecule has 1 atom stereocenters. The third-order valence-corrected chi connectivity index (χ3v) is 6.89. The van der Waals surface area contributed by atoms with Crippen LogP contribution in [0.4, 0.5) is 4.79 Å². The van der Waals surface area contributed by atoms with Crippen LogP contribution < -0.4 is 5.32 Å². The van der Waals surface area contributed by atoms with Crippen molar-refractivity contribution in [2.24, 2.45) is 5.41 Å². The van der Waals surface area contributed by atoms with E-state index in [1.807, 2.05) is 36.4 Å². The third-order valence-electron chi connectivity index (χ3n) is 6.89. The molecule has 2 aliphatic rings. The Bertz CT molecular complexity index is 1010. The number of ether oxygens (including phenoxy) is 1. The van der Waals surface area contributed by atoms with Gasteiger partial charge < -0.3 is 20.1 Å². The van der Waals surface area contributed by atoms with Crippen LogP contribution in [0.25, 0.3) is 11.1 Å². The minimum atomic E-state index is -1.01. The summed E-state index contributed by atoms with van der Waals surface area (Å²) in [6.45, 7) is 5.55. The minimum Gasteiger partial charge on any atom is -0.481 e. The molecule has 2 amide bonds. The van der Waals surface area contributed by atoms with Gasteiger partial charge in [-0.05, 0) is 35.1 Å². The van der Waals surface area contributed by atoms with Crippen LogP contribution in [-0.4, -0.2) is 53.7 Å². The van der Waals surface area contributed by atoms with Gasteiger partial charge in [0.2, 0.25) is 5.91 Å². The van der Waals surface area contributed by atoms with Gasteiger partial charge in [0.15, 0.2) is 0 Å². The lowest BCUT2D eigenvalue weighted by Gasteiger charge is -2.48. The van der Waals surface area contributed by atoms with E-state index in [4.69, 9.17) is 9.84 Å². The van der Waals surface area contributed by atoms with Gasteiger partial charge in [0, 0.05) is 30.8 Å². The number of hydrogen-bond donors (Lipinski definition) is 2. The number of rotatable bonds is 8. The Morgan fingerprint density at radius 1 is 1.09 bits per heavy atom. The molecule has 1 saturated heterocycles. The maximum atomic E-state index is 12.9. The van der Waals surface area contributed by atoms with E-state index in [1.165, 1.54) is 0 Å². The van der Waals surface area contributed by atoms with Crippen LogP contribution in [0.3, 0.4) is 0 Å². The number of nitrogens with one attached hydrogen (secondary N) is 1. The number of amides is 2. The molecule has 0 spiro atoms. The zero-order valence-corrected chi connectivity index (χ0v) is 19.0. The first-order chi connectivity index (χ1) is 15.8. The summed E-state index contributed by atoms with van der Waals surface area (Å²) in [5, 5.41) is 11.7. The first kappa shape index (κ1) is 22.8.